The molecule has 0 aliphatic heterocycles. The van der Waals surface area contributed by atoms with Crippen LogP contribution in [0.4, 0.5) is 0 Å². The Morgan fingerprint density at radius 1 is 0.412 bits per heavy atom. The SMILES string of the molecule is c1ccc(-c2ccc(-c3cccc(-n4c5ccccc5c5c6c7ccccc7n(-c7ncc8sc9ccccc9c8n7)c6ccc54)c3)cc2)cc1. The minimum absolute atomic E-state index is 0.686. The molecule has 0 N–H and O–H groups in total. The van der Waals surface area contributed by atoms with Crippen molar-refractivity contribution in [3.8, 4) is 33.9 Å². The fraction of sp³-hybridized carbons (Fsp3) is 0. The highest BCUT2D eigenvalue weighted by Gasteiger charge is 2.22. The van der Waals surface area contributed by atoms with Gasteiger partial charge in [0.05, 0.1) is 38.5 Å². The predicted molar refractivity (Wildman–Crippen MR) is 214 cm³/mol. The molecule has 0 fully saturated rings. The third-order valence-corrected chi connectivity index (χ3v) is 11.3. The minimum atomic E-state index is 0.686. The highest BCUT2D eigenvalue weighted by Crippen LogP contribution is 2.43. The monoisotopic (exact) mass is 668 g/mol. The van der Waals surface area contributed by atoms with Gasteiger partial charge in [-0.15, -0.1) is 11.3 Å². The molecule has 0 unspecified atom stereocenters. The van der Waals surface area contributed by atoms with E-state index in [1.807, 2.05) is 6.20 Å². The average Bonchev–Trinajstić information content (AvgIpc) is 3.85. The molecule has 0 amide bonds. The standard InChI is InChI=1S/C46H28N4S/c1-2-11-29(12-3-1)30-21-23-31(24-22-30)32-13-10-14-33(27-32)49-37-18-7-4-15-34(37)43-39(49)25-26-40-44(43)35-16-5-8-19-38(35)50(40)46-47-28-42-45(48-46)36-17-6-9-20-41(36)51-42/h1-28H. The summed E-state index contributed by atoms with van der Waals surface area (Å²) in [6, 6.07) is 58.8. The number of hydrogen-bond donors (Lipinski definition) is 0. The van der Waals surface area contributed by atoms with Crippen molar-refractivity contribution in [3.63, 3.8) is 0 Å². The van der Waals surface area contributed by atoms with Crippen molar-refractivity contribution in [2.24, 2.45) is 0 Å². The zero-order valence-electron chi connectivity index (χ0n) is 27.4. The number of aromatic nitrogens is 4. The second kappa shape index (κ2) is 11.0. The molecule has 4 heterocycles. The molecule has 51 heavy (non-hydrogen) atoms. The maximum Gasteiger partial charge on any atom is 0.235 e. The van der Waals surface area contributed by atoms with E-state index in [0.717, 1.165) is 26.9 Å². The van der Waals surface area contributed by atoms with Crippen LogP contribution in [0, 0.1) is 0 Å². The summed E-state index contributed by atoms with van der Waals surface area (Å²) in [4.78, 5) is 10.2. The Bertz CT molecular complexity index is 3130. The van der Waals surface area contributed by atoms with Gasteiger partial charge in [0.25, 0.3) is 0 Å². The van der Waals surface area contributed by atoms with Crippen molar-refractivity contribution in [3.05, 3.63) is 170 Å². The molecule has 7 aromatic carbocycles. The van der Waals surface area contributed by atoms with Crippen LogP contribution in [0.3, 0.4) is 0 Å². The number of para-hydroxylation sites is 2. The van der Waals surface area contributed by atoms with E-state index in [1.54, 1.807) is 11.3 Å². The van der Waals surface area contributed by atoms with Crippen molar-refractivity contribution in [2.45, 2.75) is 0 Å². The van der Waals surface area contributed by atoms with Crippen LogP contribution in [0.25, 0.3) is 97.8 Å². The third-order valence-electron chi connectivity index (χ3n) is 10.2. The highest BCUT2D eigenvalue weighted by atomic mass is 32.1. The van der Waals surface area contributed by atoms with Crippen LogP contribution in [0.5, 0.6) is 0 Å². The molecule has 5 heteroatoms. The van der Waals surface area contributed by atoms with Gasteiger partial charge in [-0.05, 0) is 64.7 Å². The molecule has 11 aromatic rings. The van der Waals surface area contributed by atoms with Crippen LogP contribution in [-0.2, 0) is 0 Å². The van der Waals surface area contributed by atoms with Gasteiger partial charge in [0.2, 0.25) is 5.95 Å². The van der Waals surface area contributed by atoms with E-state index in [2.05, 4.69) is 173 Å². The summed E-state index contributed by atoms with van der Waals surface area (Å²) in [6.45, 7) is 0. The topological polar surface area (TPSA) is 35.6 Å². The zero-order chi connectivity index (χ0) is 33.5. The van der Waals surface area contributed by atoms with Gasteiger partial charge in [0.1, 0.15) is 0 Å². The lowest BCUT2D eigenvalue weighted by Gasteiger charge is -2.11. The van der Waals surface area contributed by atoms with E-state index in [9.17, 15) is 0 Å². The summed E-state index contributed by atoms with van der Waals surface area (Å²) in [5.41, 5.74) is 11.5. The van der Waals surface area contributed by atoms with Crippen molar-refractivity contribution in [2.75, 3.05) is 0 Å². The molecular formula is C46H28N4S. The fourth-order valence-electron chi connectivity index (χ4n) is 7.93. The molecule has 4 aromatic heterocycles. The molecule has 0 aliphatic carbocycles. The minimum Gasteiger partial charge on any atom is -0.309 e. The number of fused-ring (bicyclic) bond motifs is 10. The first-order valence-electron chi connectivity index (χ1n) is 17.2. The Hall–Kier alpha value is -6.56. The van der Waals surface area contributed by atoms with Crippen molar-refractivity contribution in [1.29, 1.82) is 0 Å². The highest BCUT2D eigenvalue weighted by molar-refractivity contribution is 7.25. The van der Waals surface area contributed by atoms with Gasteiger partial charge < -0.3 is 4.57 Å². The lowest BCUT2D eigenvalue weighted by atomic mass is 10.00. The van der Waals surface area contributed by atoms with E-state index in [0.29, 0.717) is 5.95 Å². The summed E-state index contributed by atoms with van der Waals surface area (Å²) in [6.07, 6.45) is 1.98. The third kappa shape index (κ3) is 4.25. The average molecular weight is 669 g/mol. The summed E-state index contributed by atoms with van der Waals surface area (Å²) >= 11 is 1.74. The molecule has 11 rings (SSSR count). The number of hydrogen-bond acceptors (Lipinski definition) is 3. The van der Waals surface area contributed by atoms with Gasteiger partial charge in [-0.25, -0.2) is 9.97 Å². The Morgan fingerprint density at radius 2 is 0.980 bits per heavy atom. The molecule has 4 nitrogen and oxygen atoms in total. The van der Waals surface area contributed by atoms with Gasteiger partial charge in [0, 0.05) is 37.3 Å². The van der Waals surface area contributed by atoms with Crippen molar-refractivity contribution < 1.29 is 0 Å². The number of thiophene rings is 1. The van der Waals surface area contributed by atoms with Crippen LogP contribution in [0.1, 0.15) is 0 Å². The summed E-state index contributed by atoms with van der Waals surface area (Å²) < 4.78 is 6.98. The Kier molecular flexibility index (Phi) is 6.09. The van der Waals surface area contributed by atoms with E-state index >= 15 is 0 Å². The van der Waals surface area contributed by atoms with Crippen LogP contribution < -0.4 is 0 Å². The van der Waals surface area contributed by atoms with Crippen LogP contribution in [0.15, 0.2) is 170 Å². The van der Waals surface area contributed by atoms with Gasteiger partial charge >= 0.3 is 0 Å². The van der Waals surface area contributed by atoms with E-state index in [1.165, 1.54) is 64.9 Å². The molecule has 0 atom stereocenters. The largest absolute Gasteiger partial charge is 0.309 e. The van der Waals surface area contributed by atoms with Crippen LogP contribution in [0.2, 0.25) is 0 Å². The Labute approximate surface area is 297 Å². The first-order chi connectivity index (χ1) is 25.3. The summed E-state index contributed by atoms with van der Waals surface area (Å²) in [5.74, 6) is 0.686. The molecule has 0 bridgehead atoms. The van der Waals surface area contributed by atoms with E-state index < -0.39 is 0 Å². The number of benzene rings is 7. The van der Waals surface area contributed by atoms with Gasteiger partial charge in [-0.1, -0.05) is 121 Å². The number of rotatable bonds is 4. The van der Waals surface area contributed by atoms with Gasteiger partial charge in [0.15, 0.2) is 0 Å². The van der Waals surface area contributed by atoms with Gasteiger partial charge in [-0.2, -0.15) is 0 Å². The molecule has 0 saturated heterocycles. The van der Waals surface area contributed by atoms with E-state index in [4.69, 9.17) is 9.97 Å². The lowest BCUT2D eigenvalue weighted by molar-refractivity contribution is 1.01. The molecule has 0 aliphatic rings. The van der Waals surface area contributed by atoms with Crippen molar-refractivity contribution >= 4 is 75.3 Å². The summed E-state index contributed by atoms with van der Waals surface area (Å²) in [5, 5.41) is 6.02. The quantitative estimate of drug-likeness (QED) is 0.187. The second-order valence-corrected chi connectivity index (χ2v) is 14.1. The Balaban J connectivity index is 1.13. The smallest absolute Gasteiger partial charge is 0.235 e. The van der Waals surface area contributed by atoms with Crippen molar-refractivity contribution in [1.82, 2.24) is 19.1 Å². The molecule has 238 valence electrons. The first-order valence-corrected chi connectivity index (χ1v) is 18.0. The molecule has 0 radical (unpaired) electrons. The molecule has 0 spiro atoms. The second-order valence-electron chi connectivity index (χ2n) is 13.0. The summed E-state index contributed by atoms with van der Waals surface area (Å²) in [7, 11) is 0. The normalized spacial score (nSPS) is 11.9. The lowest BCUT2D eigenvalue weighted by Crippen LogP contribution is -2.00. The maximum absolute atomic E-state index is 5.22. The number of nitrogens with zero attached hydrogens (tertiary/aromatic N) is 4. The maximum atomic E-state index is 5.22. The fourth-order valence-corrected chi connectivity index (χ4v) is 8.94. The molecule has 0 saturated carbocycles. The predicted octanol–water partition coefficient (Wildman–Crippen LogP) is 12.4. The Morgan fingerprint density at radius 3 is 1.73 bits per heavy atom. The van der Waals surface area contributed by atoms with Gasteiger partial charge in [-0.3, -0.25) is 4.57 Å². The van der Waals surface area contributed by atoms with Crippen LogP contribution >= 0.6 is 11.3 Å². The molecular weight excluding hydrogens is 641 g/mol. The first kappa shape index (κ1) is 28.3. The van der Waals surface area contributed by atoms with Crippen LogP contribution in [-0.4, -0.2) is 19.1 Å². The van der Waals surface area contributed by atoms with E-state index in [-0.39, 0.29) is 0 Å². The zero-order valence-corrected chi connectivity index (χ0v) is 28.2.